The van der Waals surface area contributed by atoms with Gasteiger partial charge in [0.05, 0.1) is 31.4 Å². The molecule has 0 aromatic carbocycles. The highest BCUT2D eigenvalue weighted by Gasteiger charge is 2.10. The Morgan fingerprint density at radius 2 is 2.26 bits per heavy atom. The Bertz CT molecular complexity index is 684. The summed E-state index contributed by atoms with van der Waals surface area (Å²) in [5.74, 6) is -0.651. The van der Waals surface area contributed by atoms with Crippen LogP contribution in [0, 0.1) is 5.82 Å². The predicted octanol–water partition coefficient (Wildman–Crippen LogP) is 0.920. The van der Waals surface area contributed by atoms with Crippen molar-refractivity contribution in [2.75, 3.05) is 26.3 Å². The van der Waals surface area contributed by atoms with Crippen molar-refractivity contribution in [2.45, 2.75) is 6.61 Å². The summed E-state index contributed by atoms with van der Waals surface area (Å²) < 4.78 is 26.1. The molecule has 3 rings (SSSR count). The van der Waals surface area contributed by atoms with Crippen molar-refractivity contribution in [1.29, 1.82) is 0 Å². The number of ether oxygens (including phenoxy) is 2. The average molecular weight is 320 g/mol. The van der Waals surface area contributed by atoms with Crippen LogP contribution in [-0.4, -0.2) is 57.3 Å². The van der Waals surface area contributed by atoms with Gasteiger partial charge >= 0.3 is 6.01 Å². The quantitative estimate of drug-likeness (QED) is 0.602. The van der Waals surface area contributed by atoms with Gasteiger partial charge in [0.15, 0.2) is 11.6 Å². The first-order valence-corrected chi connectivity index (χ1v) is 7.20. The van der Waals surface area contributed by atoms with Gasteiger partial charge < -0.3 is 14.4 Å². The second-order valence-corrected chi connectivity index (χ2v) is 4.99. The van der Waals surface area contributed by atoms with Crippen molar-refractivity contribution in [1.82, 2.24) is 24.6 Å². The molecule has 0 saturated carbocycles. The van der Waals surface area contributed by atoms with Crippen LogP contribution in [0.3, 0.4) is 0 Å². The molecular weight excluding hydrogens is 303 g/mol. The molecule has 2 aromatic rings. The maximum Gasteiger partial charge on any atom is 0.318 e. The number of aryl methyl sites for hydroxylation is 1. The summed E-state index contributed by atoms with van der Waals surface area (Å²) in [4.78, 5) is 13.8. The molecule has 122 valence electrons. The molecular formula is C14H17FN6O2. The van der Waals surface area contributed by atoms with Gasteiger partial charge in [0.2, 0.25) is 0 Å². The second-order valence-electron chi connectivity index (χ2n) is 4.99. The van der Waals surface area contributed by atoms with E-state index in [9.17, 15) is 4.39 Å². The number of hydrogen-bond donors (Lipinski definition) is 0. The Balaban J connectivity index is 1.64. The fourth-order valence-electron chi connectivity index (χ4n) is 2.01. The van der Waals surface area contributed by atoms with Gasteiger partial charge in [-0.3, -0.25) is 4.68 Å². The lowest BCUT2D eigenvalue weighted by molar-refractivity contribution is 0.0701. The summed E-state index contributed by atoms with van der Waals surface area (Å²) in [6, 6.07) is 1.88. The normalized spacial score (nSPS) is 15.3. The lowest BCUT2D eigenvalue weighted by Gasteiger charge is -2.23. The smallest absolute Gasteiger partial charge is 0.318 e. The molecule has 0 N–H and O–H groups in total. The minimum Gasteiger partial charge on any atom is -0.457 e. The summed E-state index contributed by atoms with van der Waals surface area (Å²) in [5.41, 5.74) is 0.735. The van der Waals surface area contributed by atoms with E-state index in [-0.39, 0.29) is 18.4 Å². The Morgan fingerprint density at radius 1 is 1.43 bits per heavy atom. The third-order valence-electron chi connectivity index (χ3n) is 3.21. The summed E-state index contributed by atoms with van der Waals surface area (Å²) in [6.45, 7) is 2.92. The van der Waals surface area contributed by atoms with E-state index in [1.54, 1.807) is 11.0 Å². The molecule has 1 saturated heterocycles. The molecule has 0 amide bonds. The van der Waals surface area contributed by atoms with Crippen LogP contribution in [0.15, 0.2) is 23.5 Å². The van der Waals surface area contributed by atoms with Crippen LogP contribution in [-0.2, 0) is 18.4 Å². The van der Waals surface area contributed by atoms with Crippen LogP contribution in [0.25, 0.3) is 0 Å². The Morgan fingerprint density at radius 3 is 3.00 bits per heavy atom. The molecule has 0 unspecified atom stereocenters. The van der Waals surface area contributed by atoms with Crippen molar-refractivity contribution < 1.29 is 13.9 Å². The van der Waals surface area contributed by atoms with E-state index in [2.05, 4.69) is 20.1 Å². The largest absolute Gasteiger partial charge is 0.457 e. The number of morpholine rings is 1. The van der Waals surface area contributed by atoms with Crippen LogP contribution in [0.2, 0.25) is 0 Å². The van der Waals surface area contributed by atoms with Crippen molar-refractivity contribution in [3.63, 3.8) is 0 Å². The molecule has 2 aromatic heterocycles. The van der Waals surface area contributed by atoms with E-state index in [1.165, 1.54) is 0 Å². The van der Waals surface area contributed by atoms with Crippen LogP contribution < -0.4 is 4.74 Å². The van der Waals surface area contributed by atoms with Gasteiger partial charge in [0.25, 0.3) is 0 Å². The number of aromatic nitrogens is 4. The fourth-order valence-corrected chi connectivity index (χ4v) is 2.01. The summed E-state index contributed by atoms with van der Waals surface area (Å²) in [5, 5.41) is 4.18. The molecule has 0 atom stereocenters. The van der Waals surface area contributed by atoms with Crippen LogP contribution >= 0.6 is 0 Å². The lowest BCUT2D eigenvalue weighted by atomic mass is 10.5. The highest BCUT2D eigenvalue weighted by Crippen LogP contribution is 2.17. The first-order valence-electron chi connectivity index (χ1n) is 7.20. The number of nitrogens with zero attached hydrogens (tertiary/aromatic N) is 6. The third kappa shape index (κ3) is 4.22. The van der Waals surface area contributed by atoms with Crippen LogP contribution in [0.4, 0.5) is 10.2 Å². The van der Waals surface area contributed by atoms with Gasteiger partial charge in [0.1, 0.15) is 6.61 Å². The molecule has 0 radical (unpaired) electrons. The topological polar surface area (TPSA) is 77.7 Å². The van der Waals surface area contributed by atoms with Crippen LogP contribution in [0.1, 0.15) is 5.69 Å². The van der Waals surface area contributed by atoms with Crippen molar-refractivity contribution >= 4 is 12.2 Å². The standard InChI is InChI=1S/C14H17FN6O2/c1-20-3-2-11(19-20)9-23-14-16-8-12(15)13(18-14)17-10-21-4-6-22-7-5-21/h2-3,8,10H,4-7,9H2,1H3. The Kier molecular flexibility index (Phi) is 4.77. The molecule has 1 fully saturated rings. The Hall–Kier alpha value is -2.55. The highest BCUT2D eigenvalue weighted by molar-refractivity contribution is 5.60. The van der Waals surface area contributed by atoms with Gasteiger partial charge in [0, 0.05) is 26.3 Å². The molecule has 9 heteroatoms. The molecule has 0 spiro atoms. The van der Waals surface area contributed by atoms with Gasteiger partial charge in [-0.2, -0.15) is 10.1 Å². The fraction of sp³-hybridized carbons (Fsp3) is 0.429. The molecule has 3 heterocycles. The number of hydrogen-bond acceptors (Lipinski definition) is 6. The molecule has 0 aliphatic carbocycles. The number of aliphatic imine (C=N–C) groups is 1. The number of rotatable bonds is 5. The van der Waals surface area contributed by atoms with E-state index in [4.69, 9.17) is 9.47 Å². The monoisotopic (exact) mass is 320 g/mol. The zero-order valence-corrected chi connectivity index (χ0v) is 12.7. The molecule has 8 nitrogen and oxygen atoms in total. The highest BCUT2D eigenvalue weighted by atomic mass is 19.1. The minimum absolute atomic E-state index is 0.0532. The van der Waals surface area contributed by atoms with Gasteiger partial charge in [-0.05, 0) is 6.07 Å². The van der Waals surface area contributed by atoms with Crippen molar-refractivity contribution in [2.24, 2.45) is 12.0 Å². The first kappa shape index (κ1) is 15.3. The zero-order chi connectivity index (χ0) is 16.1. The maximum absolute atomic E-state index is 13.7. The SMILES string of the molecule is Cn1ccc(COc2ncc(F)c(N=CN3CCOCC3)n2)n1. The van der Waals surface area contributed by atoms with Crippen molar-refractivity contribution in [3.8, 4) is 6.01 Å². The predicted molar refractivity (Wildman–Crippen MR) is 80.1 cm³/mol. The molecule has 23 heavy (non-hydrogen) atoms. The molecule has 1 aliphatic rings. The van der Waals surface area contributed by atoms with E-state index in [0.717, 1.165) is 25.0 Å². The summed E-state index contributed by atoms with van der Waals surface area (Å²) >= 11 is 0. The second kappa shape index (κ2) is 7.14. The van der Waals surface area contributed by atoms with E-state index < -0.39 is 5.82 Å². The lowest BCUT2D eigenvalue weighted by Crippen LogP contribution is -2.35. The molecule has 1 aliphatic heterocycles. The minimum atomic E-state index is -0.598. The third-order valence-corrected chi connectivity index (χ3v) is 3.21. The van der Waals surface area contributed by atoms with E-state index in [0.29, 0.717) is 13.2 Å². The van der Waals surface area contributed by atoms with Crippen LogP contribution in [0.5, 0.6) is 6.01 Å². The zero-order valence-electron chi connectivity index (χ0n) is 12.7. The first-order chi connectivity index (χ1) is 11.2. The van der Waals surface area contributed by atoms with Crippen molar-refractivity contribution in [3.05, 3.63) is 30.0 Å². The van der Waals surface area contributed by atoms with E-state index >= 15 is 0 Å². The Labute approximate surface area is 132 Å². The summed E-state index contributed by atoms with van der Waals surface area (Å²) in [6.07, 6.45) is 4.42. The average Bonchev–Trinajstić information content (AvgIpc) is 2.99. The molecule has 0 bridgehead atoms. The van der Waals surface area contributed by atoms with Gasteiger partial charge in [-0.15, -0.1) is 0 Å². The van der Waals surface area contributed by atoms with Gasteiger partial charge in [-0.25, -0.2) is 14.4 Å². The van der Waals surface area contributed by atoms with E-state index in [1.807, 2.05) is 24.2 Å². The van der Waals surface area contributed by atoms with Gasteiger partial charge in [-0.1, -0.05) is 0 Å². The summed E-state index contributed by atoms with van der Waals surface area (Å²) in [7, 11) is 1.82. The number of halogens is 1. The maximum atomic E-state index is 13.7.